The van der Waals surface area contributed by atoms with Gasteiger partial charge in [0, 0.05) is 17.2 Å². The van der Waals surface area contributed by atoms with E-state index in [2.05, 4.69) is 43.3 Å². The molecule has 4 heteroatoms. The van der Waals surface area contributed by atoms with Gasteiger partial charge in [0.15, 0.2) is 0 Å². The summed E-state index contributed by atoms with van der Waals surface area (Å²) in [6.07, 6.45) is 12.7. The van der Waals surface area contributed by atoms with Gasteiger partial charge in [-0.15, -0.1) is 11.3 Å². The molecule has 0 radical (unpaired) electrons. The summed E-state index contributed by atoms with van der Waals surface area (Å²) in [7, 11) is 1.41. The van der Waals surface area contributed by atoms with E-state index in [4.69, 9.17) is 4.74 Å². The number of methoxy groups -OCH3 is 1. The molecule has 0 saturated heterocycles. The Kier molecular flexibility index (Phi) is 8.44. The van der Waals surface area contributed by atoms with E-state index in [1.807, 2.05) is 12.1 Å². The van der Waals surface area contributed by atoms with Crippen molar-refractivity contribution in [2.24, 2.45) is 5.92 Å². The summed E-state index contributed by atoms with van der Waals surface area (Å²) in [6, 6.07) is 12.4. The molecule has 0 N–H and O–H groups in total. The quantitative estimate of drug-likeness (QED) is 0.310. The highest BCUT2D eigenvalue weighted by Gasteiger charge is 2.35. The Balaban J connectivity index is 1.55. The smallest absolute Gasteiger partial charge is 0.348 e. The van der Waals surface area contributed by atoms with Crippen molar-refractivity contribution in [3.8, 4) is 0 Å². The van der Waals surface area contributed by atoms with Gasteiger partial charge in [0.25, 0.3) is 0 Å². The van der Waals surface area contributed by atoms with Crippen LogP contribution in [-0.2, 0) is 16.0 Å². The number of carbonyl (C=O) groups excluding carboxylic acids is 2. The Morgan fingerprint density at radius 3 is 2.70 bits per heavy atom. The highest BCUT2D eigenvalue weighted by molar-refractivity contribution is 7.13. The van der Waals surface area contributed by atoms with Crippen LogP contribution in [0.5, 0.6) is 0 Å². The molecule has 0 spiro atoms. The molecule has 1 aliphatic carbocycles. The van der Waals surface area contributed by atoms with Crippen molar-refractivity contribution < 1.29 is 14.3 Å². The number of thiophene rings is 1. The molecule has 1 heterocycles. The molecule has 0 aliphatic heterocycles. The summed E-state index contributed by atoms with van der Waals surface area (Å²) in [5.41, 5.74) is 2.37. The van der Waals surface area contributed by atoms with Crippen molar-refractivity contribution in [1.29, 1.82) is 0 Å². The molecule has 3 rings (SSSR count). The van der Waals surface area contributed by atoms with Crippen molar-refractivity contribution >= 4 is 29.2 Å². The third-order valence-corrected chi connectivity index (χ3v) is 7.08. The van der Waals surface area contributed by atoms with Gasteiger partial charge < -0.3 is 4.74 Å². The number of ketones is 1. The van der Waals surface area contributed by atoms with E-state index in [1.165, 1.54) is 41.7 Å². The van der Waals surface area contributed by atoms with Gasteiger partial charge in [-0.3, -0.25) is 4.79 Å². The molecular formula is C26H32O3S. The van der Waals surface area contributed by atoms with Gasteiger partial charge in [0.2, 0.25) is 0 Å². The fraction of sp³-hybridized carbons (Fsp3) is 0.462. The van der Waals surface area contributed by atoms with E-state index >= 15 is 0 Å². The number of aryl methyl sites for hydroxylation is 1. The number of hydrogen-bond acceptors (Lipinski definition) is 4. The predicted octanol–water partition coefficient (Wildman–Crippen LogP) is 6.82. The van der Waals surface area contributed by atoms with Crippen LogP contribution >= 0.6 is 11.3 Å². The molecule has 1 aromatic heterocycles. The SMILES string of the molecule is CCCCC=Cc1ccc(C2C(=O)CC[C@@H]2CCCc2ccc(C(=O)OC)s2)cc1. The molecule has 2 aromatic rings. The lowest BCUT2D eigenvalue weighted by atomic mass is 9.85. The summed E-state index contributed by atoms with van der Waals surface area (Å²) >= 11 is 1.51. The van der Waals surface area contributed by atoms with E-state index in [0.717, 1.165) is 37.7 Å². The number of carbonyl (C=O) groups is 2. The maximum Gasteiger partial charge on any atom is 0.348 e. The zero-order chi connectivity index (χ0) is 21.3. The monoisotopic (exact) mass is 424 g/mol. The van der Waals surface area contributed by atoms with E-state index in [9.17, 15) is 9.59 Å². The first-order valence-electron chi connectivity index (χ1n) is 11.1. The molecule has 1 unspecified atom stereocenters. The zero-order valence-electron chi connectivity index (χ0n) is 18.1. The summed E-state index contributed by atoms with van der Waals surface area (Å²) in [6.45, 7) is 2.21. The highest BCUT2D eigenvalue weighted by Crippen LogP contribution is 2.40. The lowest BCUT2D eigenvalue weighted by Crippen LogP contribution is -2.13. The number of rotatable bonds is 10. The Morgan fingerprint density at radius 1 is 1.17 bits per heavy atom. The molecule has 160 valence electrons. The summed E-state index contributed by atoms with van der Waals surface area (Å²) < 4.78 is 4.78. The summed E-state index contributed by atoms with van der Waals surface area (Å²) in [4.78, 5) is 26.1. The van der Waals surface area contributed by atoms with Crippen molar-refractivity contribution in [1.82, 2.24) is 0 Å². The third-order valence-electron chi connectivity index (χ3n) is 5.96. The van der Waals surface area contributed by atoms with Crippen molar-refractivity contribution in [3.05, 3.63) is 63.4 Å². The van der Waals surface area contributed by atoms with Crippen LogP contribution in [-0.4, -0.2) is 18.9 Å². The van der Waals surface area contributed by atoms with Gasteiger partial charge in [0.05, 0.1) is 7.11 Å². The minimum atomic E-state index is -0.267. The fourth-order valence-corrected chi connectivity index (χ4v) is 5.27. The minimum Gasteiger partial charge on any atom is -0.465 e. The number of allylic oxidation sites excluding steroid dienone is 1. The van der Waals surface area contributed by atoms with Gasteiger partial charge in [-0.1, -0.05) is 56.2 Å². The lowest BCUT2D eigenvalue weighted by molar-refractivity contribution is -0.119. The van der Waals surface area contributed by atoms with Crippen molar-refractivity contribution in [2.75, 3.05) is 7.11 Å². The van der Waals surface area contributed by atoms with Crippen LogP contribution in [0.15, 0.2) is 42.5 Å². The maximum atomic E-state index is 12.6. The highest BCUT2D eigenvalue weighted by atomic mass is 32.1. The standard InChI is InChI=1S/C26H32O3S/c1-3-4-5-6-8-19-11-13-21(14-12-19)25-20(15-17-23(25)27)9-7-10-22-16-18-24(30-22)26(28)29-2/h6,8,11-14,16,18,20,25H,3-5,7,9-10,15,17H2,1-2H3/t20-,25?/m0/s1. The second kappa shape index (κ2) is 11.3. The average molecular weight is 425 g/mol. The van der Waals surface area contributed by atoms with E-state index in [-0.39, 0.29) is 11.9 Å². The molecule has 3 nitrogen and oxygen atoms in total. The van der Waals surface area contributed by atoms with Gasteiger partial charge in [-0.2, -0.15) is 0 Å². The van der Waals surface area contributed by atoms with Crippen LogP contribution in [0.3, 0.4) is 0 Å². The molecule has 30 heavy (non-hydrogen) atoms. The second-order valence-corrected chi connectivity index (χ2v) is 9.27. The van der Waals surface area contributed by atoms with Crippen molar-refractivity contribution in [3.63, 3.8) is 0 Å². The zero-order valence-corrected chi connectivity index (χ0v) is 18.9. The van der Waals surface area contributed by atoms with Gasteiger partial charge in [0.1, 0.15) is 10.7 Å². The van der Waals surface area contributed by atoms with Gasteiger partial charge in [-0.25, -0.2) is 4.79 Å². The van der Waals surface area contributed by atoms with Crippen LogP contribution in [0, 0.1) is 5.92 Å². The van der Waals surface area contributed by atoms with Crippen LogP contribution < -0.4 is 0 Å². The van der Waals surface area contributed by atoms with E-state index in [1.54, 1.807) is 0 Å². The van der Waals surface area contributed by atoms with E-state index in [0.29, 0.717) is 23.0 Å². The first-order valence-corrected chi connectivity index (χ1v) is 11.9. The molecule has 1 fully saturated rings. The maximum absolute atomic E-state index is 12.6. The topological polar surface area (TPSA) is 43.4 Å². The number of hydrogen-bond donors (Lipinski definition) is 0. The van der Waals surface area contributed by atoms with Crippen LogP contribution in [0.4, 0.5) is 0 Å². The molecular weight excluding hydrogens is 392 g/mol. The third kappa shape index (κ3) is 5.91. The molecule has 1 aromatic carbocycles. The van der Waals surface area contributed by atoms with Gasteiger partial charge >= 0.3 is 5.97 Å². The first-order chi connectivity index (χ1) is 14.6. The first kappa shape index (κ1) is 22.5. The van der Waals surface area contributed by atoms with Crippen LogP contribution in [0.1, 0.15) is 83.5 Å². The predicted molar refractivity (Wildman–Crippen MR) is 124 cm³/mol. The number of unbranched alkanes of at least 4 members (excludes halogenated alkanes) is 2. The van der Waals surface area contributed by atoms with Crippen molar-refractivity contribution in [2.45, 2.75) is 64.2 Å². The Morgan fingerprint density at radius 2 is 1.97 bits per heavy atom. The molecule has 1 aliphatic rings. The fourth-order valence-electron chi connectivity index (χ4n) is 4.30. The number of ether oxygens (including phenoxy) is 1. The molecule has 1 saturated carbocycles. The normalized spacial score (nSPS) is 18.9. The van der Waals surface area contributed by atoms with Crippen LogP contribution in [0.2, 0.25) is 0 Å². The minimum absolute atomic E-state index is 0.0390. The lowest BCUT2D eigenvalue weighted by Gasteiger charge is -2.19. The Hall–Kier alpha value is -2.20. The summed E-state index contributed by atoms with van der Waals surface area (Å²) in [5, 5.41) is 0. The molecule has 0 bridgehead atoms. The summed E-state index contributed by atoms with van der Waals surface area (Å²) in [5.74, 6) is 0.576. The van der Waals surface area contributed by atoms with Crippen LogP contribution in [0.25, 0.3) is 6.08 Å². The number of benzene rings is 1. The molecule has 0 amide bonds. The molecule has 2 atom stereocenters. The number of esters is 1. The Labute approximate surface area is 184 Å². The largest absolute Gasteiger partial charge is 0.465 e. The second-order valence-electron chi connectivity index (χ2n) is 8.10. The van der Waals surface area contributed by atoms with E-state index < -0.39 is 0 Å². The van der Waals surface area contributed by atoms with Gasteiger partial charge in [-0.05, 0) is 61.3 Å². The average Bonchev–Trinajstić information content (AvgIpc) is 3.38. The number of Topliss-reactive ketones (excluding diaryl/α,β-unsaturated/α-hetero) is 1. The Bertz CT molecular complexity index is 863.